The molecular formula is C22H21FN4O. The van der Waals surface area contributed by atoms with Crippen molar-refractivity contribution in [3.8, 4) is 6.07 Å². The Morgan fingerprint density at radius 3 is 2.64 bits per heavy atom. The van der Waals surface area contributed by atoms with Gasteiger partial charge in [-0.3, -0.25) is 9.69 Å². The fraction of sp³-hybridized carbons (Fsp3) is 0.273. The van der Waals surface area contributed by atoms with Gasteiger partial charge in [0, 0.05) is 48.3 Å². The standard InChI is InChI=1S/C22H21FN4O/c1-15-22(17-4-2-3-5-19(17)25-15)21(28)14-26-8-10-27(11-9-26)20-7-6-16(13-24)12-18(20)23/h2-7,12,25H,8-11,14H2,1H3. The highest BCUT2D eigenvalue weighted by molar-refractivity contribution is 6.10. The number of carbonyl (C=O) groups excluding carboxylic acids is 1. The molecule has 2 heterocycles. The summed E-state index contributed by atoms with van der Waals surface area (Å²) in [6, 6.07) is 14.3. The van der Waals surface area contributed by atoms with Gasteiger partial charge in [0.1, 0.15) is 5.82 Å². The lowest BCUT2D eigenvalue weighted by Crippen LogP contribution is -2.48. The van der Waals surface area contributed by atoms with Crippen molar-refractivity contribution in [2.75, 3.05) is 37.6 Å². The van der Waals surface area contributed by atoms with Gasteiger partial charge in [-0.15, -0.1) is 0 Å². The van der Waals surface area contributed by atoms with E-state index in [0.717, 1.165) is 22.2 Å². The molecular weight excluding hydrogens is 355 g/mol. The zero-order valence-electron chi connectivity index (χ0n) is 15.7. The Morgan fingerprint density at radius 2 is 1.93 bits per heavy atom. The van der Waals surface area contributed by atoms with Gasteiger partial charge in [-0.2, -0.15) is 5.26 Å². The molecule has 28 heavy (non-hydrogen) atoms. The van der Waals surface area contributed by atoms with Crippen LogP contribution in [0.4, 0.5) is 10.1 Å². The normalized spacial score (nSPS) is 15.0. The molecule has 5 nitrogen and oxygen atoms in total. The minimum atomic E-state index is -0.377. The second-order valence-electron chi connectivity index (χ2n) is 7.13. The van der Waals surface area contributed by atoms with E-state index in [1.165, 1.54) is 6.07 Å². The number of benzene rings is 2. The molecule has 0 unspecified atom stereocenters. The lowest BCUT2D eigenvalue weighted by molar-refractivity contribution is 0.0927. The highest BCUT2D eigenvalue weighted by Crippen LogP contribution is 2.24. The zero-order chi connectivity index (χ0) is 19.7. The highest BCUT2D eigenvalue weighted by Gasteiger charge is 2.23. The number of para-hydroxylation sites is 1. The molecule has 0 amide bonds. The van der Waals surface area contributed by atoms with Gasteiger partial charge in [-0.05, 0) is 31.2 Å². The van der Waals surface area contributed by atoms with Crippen LogP contribution >= 0.6 is 0 Å². The molecule has 1 saturated heterocycles. The summed E-state index contributed by atoms with van der Waals surface area (Å²) in [5.74, 6) is -0.272. The number of aromatic nitrogens is 1. The minimum Gasteiger partial charge on any atom is -0.367 e. The van der Waals surface area contributed by atoms with E-state index in [0.29, 0.717) is 44.0 Å². The van der Waals surface area contributed by atoms with Crippen LogP contribution in [-0.4, -0.2) is 48.4 Å². The van der Waals surface area contributed by atoms with Gasteiger partial charge in [0.25, 0.3) is 0 Å². The maximum Gasteiger partial charge on any atom is 0.179 e. The average molecular weight is 376 g/mol. The number of anilines is 1. The molecule has 0 aliphatic carbocycles. The number of piperazine rings is 1. The third kappa shape index (κ3) is 3.37. The molecule has 1 aliphatic heterocycles. The van der Waals surface area contributed by atoms with E-state index in [2.05, 4.69) is 9.88 Å². The third-order valence-electron chi connectivity index (χ3n) is 5.33. The number of nitriles is 1. The van der Waals surface area contributed by atoms with Crippen molar-refractivity contribution in [1.29, 1.82) is 5.26 Å². The summed E-state index contributed by atoms with van der Waals surface area (Å²) in [7, 11) is 0. The Balaban J connectivity index is 1.42. The number of fused-ring (bicyclic) bond motifs is 1. The van der Waals surface area contributed by atoms with Crippen molar-refractivity contribution in [2.24, 2.45) is 0 Å². The monoisotopic (exact) mass is 376 g/mol. The number of Topliss-reactive ketones (excluding diaryl/α,β-unsaturated/α-hetero) is 1. The van der Waals surface area contributed by atoms with Gasteiger partial charge in [0.2, 0.25) is 0 Å². The molecule has 6 heteroatoms. The molecule has 1 fully saturated rings. The second-order valence-corrected chi connectivity index (χ2v) is 7.13. The SMILES string of the molecule is Cc1[nH]c2ccccc2c1C(=O)CN1CCN(c2ccc(C#N)cc2F)CC1. The number of aryl methyl sites for hydroxylation is 1. The molecule has 2 aromatic carbocycles. The first kappa shape index (κ1) is 18.2. The van der Waals surface area contributed by atoms with Crippen LogP contribution in [0.3, 0.4) is 0 Å². The van der Waals surface area contributed by atoms with Crippen LogP contribution in [0.2, 0.25) is 0 Å². The molecule has 0 radical (unpaired) electrons. The molecule has 1 aliphatic rings. The van der Waals surface area contributed by atoms with Crippen LogP contribution in [0.15, 0.2) is 42.5 Å². The van der Waals surface area contributed by atoms with Crippen LogP contribution in [0.25, 0.3) is 10.9 Å². The predicted molar refractivity (Wildman–Crippen MR) is 107 cm³/mol. The number of aromatic amines is 1. The summed E-state index contributed by atoms with van der Waals surface area (Å²) in [6.07, 6.45) is 0. The smallest absolute Gasteiger partial charge is 0.179 e. The first-order valence-corrected chi connectivity index (χ1v) is 9.34. The minimum absolute atomic E-state index is 0.105. The van der Waals surface area contributed by atoms with Gasteiger partial charge >= 0.3 is 0 Å². The molecule has 4 rings (SSSR count). The van der Waals surface area contributed by atoms with Crippen LogP contribution in [0.5, 0.6) is 0 Å². The Hall–Kier alpha value is -3.17. The van der Waals surface area contributed by atoms with Crippen molar-refractivity contribution >= 4 is 22.4 Å². The summed E-state index contributed by atoms with van der Waals surface area (Å²) in [6.45, 7) is 4.94. The van der Waals surface area contributed by atoms with Crippen molar-refractivity contribution in [3.05, 3.63) is 65.1 Å². The predicted octanol–water partition coefficient (Wildman–Crippen LogP) is 3.49. The molecule has 1 N–H and O–H groups in total. The van der Waals surface area contributed by atoms with Gasteiger partial charge in [-0.1, -0.05) is 18.2 Å². The molecule has 0 atom stereocenters. The number of H-pyrrole nitrogens is 1. The highest BCUT2D eigenvalue weighted by atomic mass is 19.1. The largest absolute Gasteiger partial charge is 0.367 e. The Labute approximate surface area is 163 Å². The number of hydrogen-bond donors (Lipinski definition) is 1. The summed E-state index contributed by atoms with van der Waals surface area (Å²) < 4.78 is 14.2. The first-order valence-electron chi connectivity index (χ1n) is 9.34. The van der Waals surface area contributed by atoms with E-state index in [4.69, 9.17) is 5.26 Å². The average Bonchev–Trinajstić information content (AvgIpc) is 3.04. The van der Waals surface area contributed by atoms with Crippen LogP contribution in [0, 0.1) is 24.1 Å². The number of halogens is 1. The molecule has 3 aromatic rings. The van der Waals surface area contributed by atoms with Crippen LogP contribution in [-0.2, 0) is 0 Å². The molecule has 1 aromatic heterocycles. The summed E-state index contributed by atoms with van der Waals surface area (Å²) in [4.78, 5) is 20.3. The van der Waals surface area contributed by atoms with Crippen molar-refractivity contribution in [2.45, 2.75) is 6.92 Å². The lowest BCUT2D eigenvalue weighted by Gasteiger charge is -2.35. The molecule has 0 saturated carbocycles. The van der Waals surface area contributed by atoms with E-state index in [1.54, 1.807) is 12.1 Å². The van der Waals surface area contributed by atoms with E-state index >= 15 is 0 Å². The number of hydrogen-bond acceptors (Lipinski definition) is 4. The summed E-state index contributed by atoms with van der Waals surface area (Å²) >= 11 is 0. The summed E-state index contributed by atoms with van der Waals surface area (Å²) in [5, 5.41) is 9.84. The van der Waals surface area contributed by atoms with Crippen molar-refractivity contribution in [3.63, 3.8) is 0 Å². The van der Waals surface area contributed by atoms with Crippen LogP contribution in [0.1, 0.15) is 21.6 Å². The number of rotatable bonds is 4. The number of ketones is 1. The first-order chi connectivity index (χ1) is 13.6. The maximum atomic E-state index is 14.2. The van der Waals surface area contributed by atoms with E-state index in [-0.39, 0.29) is 11.6 Å². The van der Waals surface area contributed by atoms with Gasteiger partial charge < -0.3 is 9.88 Å². The topological polar surface area (TPSA) is 63.1 Å². The maximum absolute atomic E-state index is 14.2. The van der Waals surface area contributed by atoms with Gasteiger partial charge in [0.05, 0.1) is 23.9 Å². The molecule has 0 spiro atoms. The second kappa shape index (κ2) is 7.45. The van der Waals surface area contributed by atoms with Crippen LogP contribution < -0.4 is 4.90 Å². The Bertz CT molecular complexity index is 1070. The number of nitrogens with one attached hydrogen (secondary N) is 1. The Morgan fingerprint density at radius 1 is 1.18 bits per heavy atom. The van der Waals surface area contributed by atoms with Gasteiger partial charge in [0.15, 0.2) is 5.78 Å². The fourth-order valence-electron chi connectivity index (χ4n) is 3.90. The van der Waals surface area contributed by atoms with Gasteiger partial charge in [-0.25, -0.2) is 4.39 Å². The quantitative estimate of drug-likeness (QED) is 0.708. The van der Waals surface area contributed by atoms with Crippen molar-refractivity contribution < 1.29 is 9.18 Å². The molecule has 0 bridgehead atoms. The Kier molecular flexibility index (Phi) is 4.84. The third-order valence-corrected chi connectivity index (χ3v) is 5.33. The zero-order valence-corrected chi connectivity index (χ0v) is 15.7. The van der Waals surface area contributed by atoms with E-state index in [1.807, 2.05) is 42.2 Å². The summed E-state index contributed by atoms with van der Waals surface area (Å²) in [5.41, 5.74) is 3.46. The number of carbonyl (C=O) groups is 1. The van der Waals surface area contributed by atoms with E-state index in [9.17, 15) is 9.18 Å². The van der Waals surface area contributed by atoms with E-state index < -0.39 is 0 Å². The number of nitrogens with zero attached hydrogens (tertiary/aromatic N) is 3. The fourth-order valence-corrected chi connectivity index (χ4v) is 3.90. The van der Waals surface area contributed by atoms with Crippen molar-refractivity contribution in [1.82, 2.24) is 9.88 Å². The lowest BCUT2D eigenvalue weighted by atomic mass is 10.1. The molecule has 142 valence electrons.